The highest BCUT2D eigenvalue weighted by Gasteiger charge is 2.03. The first-order chi connectivity index (χ1) is 7.59. The van der Waals surface area contributed by atoms with Crippen molar-refractivity contribution < 1.29 is 4.21 Å². The fourth-order valence-corrected chi connectivity index (χ4v) is 2.12. The highest BCUT2D eigenvalue weighted by Crippen LogP contribution is 2.12. The molecule has 0 aliphatic rings. The molecule has 0 radical (unpaired) electrons. The van der Waals surface area contributed by atoms with Gasteiger partial charge in [-0.2, -0.15) is 0 Å². The van der Waals surface area contributed by atoms with E-state index in [0.717, 1.165) is 18.7 Å². The average molecular weight is 239 g/mol. The van der Waals surface area contributed by atoms with E-state index in [1.54, 1.807) is 6.26 Å². The second-order valence-corrected chi connectivity index (χ2v) is 5.77. The van der Waals surface area contributed by atoms with Gasteiger partial charge in [-0.05, 0) is 32.4 Å². The lowest BCUT2D eigenvalue weighted by molar-refractivity contribution is 0.570. The van der Waals surface area contributed by atoms with Gasteiger partial charge in [-0.15, -0.1) is 0 Å². The Morgan fingerprint density at radius 2 is 1.94 bits per heavy atom. The van der Waals surface area contributed by atoms with Crippen molar-refractivity contribution in [2.45, 2.75) is 26.3 Å². The summed E-state index contributed by atoms with van der Waals surface area (Å²) in [4.78, 5) is 0. The topological polar surface area (TPSA) is 29.1 Å². The Hall–Kier alpha value is -0.670. The second kappa shape index (κ2) is 6.81. The maximum atomic E-state index is 10.9. The molecule has 0 amide bonds. The second-order valence-electron chi connectivity index (χ2n) is 4.22. The zero-order valence-electron chi connectivity index (χ0n) is 10.3. The minimum atomic E-state index is -0.668. The van der Waals surface area contributed by atoms with Crippen molar-refractivity contribution in [1.29, 1.82) is 0 Å². The quantitative estimate of drug-likeness (QED) is 0.772. The lowest BCUT2D eigenvalue weighted by atomic mass is 10.1. The molecular formula is C13H21NOS. The Bertz CT molecular complexity index is 334. The third-order valence-electron chi connectivity index (χ3n) is 2.64. The first-order valence-electron chi connectivity index (χ1n) is 5.69. The molecule has 2 unspecified atom stereocenters. The molecule has 16 heavy (non-hydrogen) atoms. The smallest absolute Gasteiger partial charge is 0.0291 e. The van der Waals surface area contributed by atoms with Crippen LogP contribution in [0.25, 0.3) is 0 Å². The predicted molar refractivity (Wildman–Crippen MR) is 71.1 cm³/mol. The SMILES string of the molecule is Cc1ccc(C(C)NCCCS(C)=O)cc1. The van der Waals surface area contributed by atoms with Crippen molar-refractivity contribution in [2.75, 3.05) is 18.6 Å². The number of hydrogen-bond donors (Lipinski definition) is 1. The summed E-state index contributed by atoms with van der Waals surface area (Å²) in [5, 5.41) is 3.44. The van der Waals surface area contributed by atoms with E-state index in [2.05, 4.69) is 43.4 Å². The van der Waals surface area contributed by atoms with Gasteiger partial charge in [0.05, 0.1) is 0 Å². The molecule has 0 aromatic heterocycles. The fraction of sp³-hybridized carbons (Fsp3) is 0.538. The molecule has 0 saturated carbocycles. The van der Waals surface area contributed by atoms with Crippen LogP contribution in [-0.4, -0.2) is 22.8 Å². The van der Waals surface area contributed by atoms with Gasteiger partial charge in [0, 0.05) is 28.9 Å². The molecule has 0 aliphatic carbocycles. The van der Waals surface area contributed by atoms with Gasteiger partial charge in [-0.1, -0.05) is 29.8 Å². The molecule has 1 aromatic rings. The minimum Gasteiger partial charge on any atom is -0.310 e. The van der Waals surface area contributed by atoms with Gasteiger partial charge in [0.2, 0.25) is 0 Å². The minimum absolute atomic E-state index is 0.367. The monoisotopic (exact) mass is 239 g/mol. The van der Waals surface area contributed by atoms with Crippen molar-refractivity contribution in [2.24, 2.45) is 0 Å². The van der Waals surface area contributed by atoms with Crippen LogP contribution in [0.3, 0.4) is 0 Å². The van der Waals surface area contributed by atoms with Gasteiger partial charge in [-0.3, -0.25) is 4.21 Å². The molecule has 1 rings (SSSR count). The summed E-state index contributed by atoms with van der Waals surface area (Å²) in [7, 11) is -0.668. The summed E-state index contributed by atoms with van der Waals surface area (Å²) in [6, 6.07) is 8.95. The number of nitrogens with one attached hydrogen (secondary N) is 1. The first kappa shape index (κ1) is 13.4. The molecule has 1 aromatic carbocycles. The van der Waals surface area contributed by atoms with Crippen LogP contribution >= 0.6 is 0 Å². The molecule has 90 valence electrons. The maximum absolute atomic E-state index is 10.9. The molecule has 2 atom stereocenters. The van der Waals surface area contributed by atoms with E-state index < -0.39 is 10.8 Å². The molecule has 0 aliphatic heterocycles. The number of aryl methyl sites for hydroxylation is 1. The van der Waals surface area contributed by atoms with Gasteiger partial charge >= 0.3 is 0 Å². The summed E-state index contributed by atoms with van der Waals surface area (Å²) in [5.41, 5.74) is 2.60. The van der Waals surface area contributed by atoms with E-state index in [4.69, 9.17) is 0 Å². The summed E-state index contributed by atoms with van der Waals surface area (Å²) < 4.78 is 10.9. The summed E-state index contributed by atoms with van der Waals surface area (Å²) in [6.45, 7) is 5.18. The predicted octanol–water partition coefficient (Wildman–Crippen LogP) is 2.41. The van der Waals surface area contributed by atoms with Gasteiger partial charge in [0.25, 0.3) is 0 Å². The number of rotatable bonds is 6. The highest BCUT2D eigenvalue weighted by atomic mass is 32.2. The Balaban J connectivity index is 2.32. The maximum Gasteiger partial charge on any atom is 0.0291 e. The van der Waals surface area contributed by atoms with Crippen molar-refractivity contribution in [1.82, 2.24) is 5.32 Å². The number of benzene rings is 1. The fourth-order valence-electron chi connectivity index (χ4n) is 1.57. The zero-order chi connectivity index (χ0) is 12.0. The summed E-state index contributed by atoms with van der Waals surface area (Å²) in [5.74, 6) is 0.785. The first-order valence-corrected chi connectivity index (χ1v) is 7.42. The highest BCUT2D eigenvalue weighted by molar-refractivity contribution is 7.84. The van der Waals surface area contributed by atoms with Crippen LogP contribution in [0.4, 0.5) is 0 Å². The van der Waals surface area contributed by atoms with Crippen LogP contribution in [0.2, 0.25) is 0 Å². The van der Waals surface area contributed by atoms with Crippen LogP contribution in [0.5, 0.6) is 0 Å². The molecule has 1 N–H and O–H groups in total. The van der Waals surface area contributed by atoms with Gasteiger partial charge in [0.15, 0.2) is 0 Å². The lowest BCUT2D eigenvalue weighted by Crippen LogP contribution is -2.21. The van der Waals surface area contributed by atoms with Crippen molar-refractivity contribution in [3.05, 3.63) is 35.4 Å². The standard InChI is InChI=1S/C13H21NOS/c1-11-5-7-13(8-6-11)12(2)14-9-4-10-16(3)15/h5-8,12,14H,4,9-10H2,1-3H3. The average Bonchev–Trinajstić information content (AvgIpc) is 2.25. The molecule has 0 fully saturated rings. The largest absolute Gasteiger partial charge is 0.310 e. The molecule has 0 bridgehead atoms. The Morgan fingerprint density at radius 3 is 2.50 bits per heavy atom. The van der Waals surface area contributed by atoms with E-state index in [1.807, 2.05) is 0 Å². The Labute approximate surface area is 101 Å². The van der Waals surface area contributed by atoms with Crippen LogP contribution < -0.4 is 5.32 Å². The van der Waals surface area contributed by atoms with Crippen LogP contribution in [0.15, 0.2) is 24.3 Å². The Morgan fingerprint density at radius 1 is 1.31 bits per heavy atom. The lowest BCUT2D eigenvalue weighted by Gasteiger charge is -2.14. The molecule has 0 spiro atoms. The van der Waals surface area contributed by atoms with E-state index in [9.17, 15) is 4.21 Å². The van der Waals surface area contributed by atoms with Crippen molar-refractivity contribution in [3.8, 4) is 0 Å². The van der Waals surface area contributed by atoms with E-state index in [1.165, 1.54) is 11.1 Å². The molecule has 0 saturated heterocycles. The third kappa shape index (κ3) is 4.90. The summed E-state index contributed by atoms with van der Waals surface area (Å²) in [6.07, 6.45) is 2.72. The normalized spacial score (nSPS) is 14.7. The van der Waals surface area contributed by atoms with E-state index in [0.29, 0.717) is 6.04 Å². The molecule has 0 heterocycles. The molecule has 2 nitrogen and oxygen atoms in total. The zero-order valence-corrected chi connectivity index (χ0v) is 11.1. The van der Waals surface area contributed by atoms with Crippen LogP contribution in [0.1, 0.15) is 30.5 Å². The molecular weight excluding hydrogens is 218 g/mol. The third-order valence-corrected chi connectivity index (χ3v) is 3.50. The summed E-state index contributed by atoms with van der Waals surface area (Å²) >= 11 is 0. The van der Waals surface area contributed by atoms with Crippen molar-refractivity contribution >= 4 is 10.8 Å². The van der Waals surface area contributed by atoms with Crippen LogP contribution in [-0.2, 0) is 10.8 Å². The van der Waals surface area contributed by atoms with E-state index in [-0.39, 0.29) is 0 Å². The number of hydrogen-bond acceptors (Lipinski definition) is 2. The van der Waals surface area contributed by atoms with Gasteiger partial charge < -0.3 is 5.32 Å². The van der Waals surface area contributed by atoms with Crippen LogP contribution in [0, 0.1) is 6.92 Å². The Kier molecular flexibility index (Phi) is 5.71. The van der Waals surface area contributed by atoms with E-state index >= 15 is 0 Å². The molecule has 3 heteroatoms. The van der Waals surface area contributed by atoms with Gasteiger partial charge in [0.1, 0.15) is 0 Å². The van der Waals surface area contributed by atoms with Crippen molar-refractivity contribution in [3.63, 3.8) is 0 Å². The van der Waals surface area contributed by atoms with Gasteiger partial charge in [-0.25, -0.2) is 0 Å².